The molecule has 10 heteroatoms. The van der Waals surface area contributed by atoms with Gasteiger partial charge in [-0.15, -0.1) is 0 Å². The molecule has 2 aromatic rings. The number of hydrogen-bond acceptors (Lipinski definition) is 7. The maximum absolute atomic E-state index is 14.1. The van der Waals surface area contributed by atoms with Crippen LogP contribution in [0.15, 0.2) is 30.3 Å². The van der Waals surface area contributed by atoms with Crippen LogP contribution >= 0.6 is 0 Å². The van der Waals surface area contributed by atoms with Gasteiger partial charge in [0.1, 0.15) is 11.3 Å². The monoisotopic (exact) mass is 476 g/mol. The van der Waals surface area contributed by atoms with Crippen molar-refractivity contribution >= 4 is 34.8 Å². The van der Waals surface area contributed by atoms with Crippen LogP contribution < -0.4 is 15.0 Å². The molecule has 0 aromatic heterocycles. The first-order valence-electron chi connectivity index (χ1n) is 11.6. The van der Waals surface area contributed by atoms with Gasteiger partial charge >= 0.3 is 0 Å². The Morgan fingerprint density at radius 1 is 1.14 bits per heavy atom. The Hall–Kier alpha value is -3.79. The Morgan fingerprint density at radius 3 is 2.63 bits per heavy atom. The second-order valence-corrected chi connectivity index (χ2v) is 9.68. The molecule has 0 aliphatic carbocycles. The van der Waals surface area contributed by atoms with Crippen LogP contribution in [-0.4, -0.2) is 47.2 Å². The predicted octanol–water partition coefficient (Wildman–Crippen LogP) is 2.65. The maximum Gasteiger partial charge on any atom is 0.273 e. The van der Waals surface area contributed by atoms with Crippen molar-refractivity contribution in [3.05, 3.63) is 57.1 Å². The molecule has 180 valence electrons. The maximum atomic E-state index is 14.1. The number of amides is 3. The summed E-state index contributed by atoms with van der Waals surface area (Å²) < 4.78 is 5.34. The minimum absolute atomic E-state index is 0.0564. The number of nitro benzene ring substituents is 1. The number of carbonyl (C=O) groups excluding carboxylic acids is 3. The molecule has 4 heterocycles. The summed E-state index contributed by atoms with van der Waals surface area (Å²) in [6.45, 7) is 4.53. The number of ether oxygens (including phenoxy) is 1. The minimum atomic E-state index is -1.27. The Kier molecular flexibility index (Phi) is 4.41. The molecule has 4 atom stereocenters. The van der Waals surface area contributed by atoms with E-state index in [4.69, 9.17) is 4.74 Å². The van der Waals surface area contributed by atoms with Crippen molar-refractivity contribution < 1.29 is 24.0 Å². The average molecular weight is 476 g/mol. The first-order chi connectivity index (χ1) is 16.7. The fraction of sp³-hybridized carbons (Fsp3) is 0.400. The van der Waals surface area contributed by atoms with E-state index in [1.807, 2.05) is 26.0 Å². The van der Waals surface area contributed by atoms with Crippen molar-refractivity contribution in [3.63, 3.8) is 0 Å². The largest absolute Gasteiger partial charge is 0.494 e. The molecule has 1 spiro atoms. The molecule has 6 rings (SSSR count). The number of imide groups is 1. The van der Waals surface area contributed by atoms with Crippen LogP contribution in [0.3, 0.4) is 0 Å². The molecule has 35 heavy (non-hydrogen) atoms. The Balaban J connectivity index is 1.54. The summed E-state index contributed by atoms with van der Waals surface area (Å²) in [6.07, 6.45) is 1.53. The van der Waals surface area contributed by atoms with Gasteiger partial charge < -0.3 is 10.1 Å². The van der Waals surface area contributed by atoms with E-state index in [0.29, 0.717) is 18.7 Å². The van der Waals surface area contributed by atoms with Crippen molar-refractivity contribution in [1.82, 2.24) is 4.90 Å². The second-order valence-electron chi connectivity index (χ2n) is 9.68. The molecular formula is C25H24N4O6. The van der Waals surface area contributed by atoms with Gasteiger partial charge in [0.2, 0.25) is 17.7 Å². The highest BCUT2D eigenvalue weighted by Crippen LogP contribution is 2.61. The van der Waals surface area contributed by atoms with Gasteiger partial charge in [0.05, 0.1) is 35.6 Å². The van der Waals surface area contributed by atoms with Crippen molar-refractivity contribution in [2.24, 2.45) is 11.8 Å². The van der Waals surface area contributed by atoms with E-state index >= 15 is 0 Å². The number of fused-ring (bicyclic) bond motifs is 7. The van der Waals surface area contributed by atoms with E-state index < -0.39 is 34.1 Å². The summed E-state index contributed by atoms with van der Waals surface area (Å²) in [4.78, 5) is 55.6. The van der Waals surface area contributed by atoms with Gasteiger partial charge in [0.25, 0.3) is 5.69 Å². The lowest BCUT2D eigenvalue weighted by Gasteiger charge is -2.36. The third kappa shape index (κ3) is 2.49. The Labute approximate surface area is 201 Å². The van der Waals surface area contributed by atoms with Crippen molar-refractivity contribution in [3.8, 4) is 5.75 Å². The second kappa shape index (κ2) is 7.11. The van der Waals surface area contributed by atoms with Crippen LogP contribution in [0.1, 0.15) is 29.5 Å². The minimum Gasteiger partial charge on any atom is -0.494 e. The number of aryl methyl sites for hydroxylation is 1. The number of non-ortho nitro benzene ring substituents is 1. The third-order valence-electron chi connectivity index (χ3n) is 8.31. The first kappa shape index (κ1) is 21.7. The average Bonchev–Trinajstić information content (AvgIpc) is 3.54. The Bertz CT molecular complexity index is 1360. The quantitative estimate of drug-likeness (QED) is 0.411. The predicted molar refractivity (Wildman–Crippen MR) is 125 cm³/mol. The number of anilines is 2. The molecule has 3 saturated heterocycles. The summed E-state index contributed by atoms with van der Waals surface area (Å²) >= 11 is 0. The van der Waals surface area contributed by atoms with Gasteiger partial charge in [-0.25, -0.2) is 4.90 Å². The molecule has 10 nitrogen and oxygen atoms in total. The molecule has 4 aliphatic heterocycles. The van der Waals surface area contributed by atoms with Gasteiger partial charge in [-0.3, -0.25) is 29.4 Å². The van der Waals surface area contributed by atoms with Crippen LogP contribution in [0.5, 0.6) is 5.75 Å². The van der Waals surface area contributed by atoms with Gasteiger partial charge in [0, 0.05) is 23.4 Å². The van der Waals surface area contributed by atoms with Crippen molar-refractivity contribution in [1.29, 1.82) is 0 Å². The number of nitrogens with one attached hydrogen (secondary N) is 1. The van der Waals surface area contributed by atoms with Crippen molar-refractivity contribution in [2.45, 2.75) is 38.3 Å². The number of carbonyl (C=O) groups is 3. The fourth-order valence-electron chi connectivity index (χ4n) is 6.72. The summed E-state index contributed by atoms with van der Waals surface area (Å²) in [5, 5.41) is 14.3. The zero-order valence-corrected chi connectivity index (χ0v) is 19.5. The highest BCUT2D eigenvalue weighted by molar-refractivity contribution is 6.26. The van der Waals surface area contributed by atoms with Crippen LogP contribution in [0.4, 0.5) is 17.1 Å². The molecule has 1 N–H and O–H groups in total. The van der Waals surface area contributed by atoms with Crippen LogP contribution in [0.25, 0.3) is 0 Å². The highest BCUT2D eigenvalue weighted by Gasteiger charge is 2.74. The molecule has 0 radical (unpaired) electrons. The summed E-state index contributed by atoms with van der Waals surface area (Å²) in [7, 11) is 1.33. The molecule has 0 bridgehead atoms. The zero-order valence-electron chi connectivity index (χ0n) is 19.5. The lowest BCUT2D eigenvalue weighted by atomic mass is 9.75. The molecule has 4 aliphatic rings. The van der Waals surface area contributed by atoms with Gasteiger partial charge in [0.15, 0.2) is 0 Å². The lowest BCUT2D eigenvalue weighted by Crippen LogP contribution is -2.54. The smallest absolute Gasteiger partial charge is 0.273 e. The van der Waals surface area contributed by atoms with E-state index in [9.17, 15) is 24.5 Å². The zero-order chi connectivity index (χ0) is 24.8. The topological polar surface area (TPSA) is 122 Å². The van der Waals surface area contributed by atoms with E-state index in [0.717, 1.165) is 28.0 Å². The SMILES string of the molecule is COc1cc([N+](=O)[O-])ccc1N1C(=O)[C@H]2[C@@H](C1=O)[C@@]1(C(=O)Nc3c1ccc(C)c3C)N1CCC[C@@H]21. The lowest BCUT2D eigenvalue weighted by molar-refractivity contribution is -0.384. The van der Waals surface area contributed by atoms with E-state index in [2.05, 4.69) is 10.2 Å². The first-order valence-corrected chi connectivity index (χ1v) is 11.6. The van der Waals surface area contributed by atoms with E-state index in [1.165, 1.54) is 25.3 Å². The number of benzene rings is 2. The Morgan fingerprint density at radius 2 is 1.91 bits per heavy atom. The highest BCUT2D eigenvalue weighted by atomic mass is 16.6. The van der Waals surface area contributed by atoms with Crippen LogP contribution in [-0.2, 0) is 19.9 Å². The molecule has 3 amide bonds. The summed E-state index contributed by atoms with van der Waals surface area (Å²) in [5.74, 6) is -2.69. The van der Waals surface area contributed by atoms with Gasteiger partial charge in [-0.1, -0.05) is 12.1 Å². The molecule has 2 aromatic carbocycles. The number of nitrogens with zero attached hydrogens (tertiary/aromatic N) is 3. The molecule has 3 fully saturated rings. The van der Waals surface area contributed by atoms with Crippen LogP contribution in [0, 0.1) is 35.8 Å². The number of hydrogen-bond donors (Lipinski definition) is 1. The van der Waals surface area contributed by atoms with Gasteiger partial charge in [-0.2, -0.15) is 0 Å². The molecule has 0 saturated carbocycles. The normalized spacial score (nSPS) is 28.9. The molecule has 0 unspecified atom stereocenters. The van der Waals surface area contributed by atoms with Gasteiger partial charge in [-0.05, 0) is 50.4 Å². The standard InChI is InChI=1S/C25H24N4O6/c1-12-6-8-15-21(13(12)2)26-24(32)25(15)20-19(17-5-4-10-27(17)25)22(30)28(23(20)31)16-9-7-14(29(33)34)11-18(16)35-3/h6-9,11,17,19-20H,4-5,10H2,1-3H3,(H,26,32)/t17-,19+,20-,25-/m0/s1. The van der Waals surface area contributed by atoms with E-state index in [-0.39, 0.29) is 29.1 Å². The number of rotatable bonds is 3. The fourth-order valence-corrected chi connectivity index (χ4v) is 6.72. The van der Waals surface area contributed by atoms with Crippen molar-refractivity contribution in [2.75, 3.05) is 23.9 Å². The molecular weight excluding hydrogens is 452 g/mol. The van der Waals surface area contributed by atoms with Crippen LogP contribution in [0.2, 0.25) is 0 Å². The number of methoxy groups -OCH3 is 1. The summed E-state index contributed by atoms with van der Waals surface area (Å²) in [5.41, 5.74) is 2.10. The summed E-state index contributed by atoms with van der Waals surface area (Å²) in [6, 6.07) is 7.42. The van der Waals surface area contributed by atoms with E-state index in [1.54, 1.807) is 0 Å². The number of nitro groups is 1. The third-order valence-corrected chi connectivity index (χ3v) is 8.31.